The topological polar surface area (TPSA) is 35.5 Å². The minimum atomic E-state index is -2.11. The van der Waals surface area contributed by atoms with E-state index in [0.29, 0.717) is 5.75 Å². The Labute approximate surface area is 95.5 Å². The molecule has 1 aromatic rings. The summed E-state index contributed by atoms with van der Waals surface area (Å²) in [6, 6.07) is 8.29. The average molecular weight is 255 g/mol. The minimum Gasteiger partial charge on any atom is -0.395 e. The Morgan fingerprint density at radius 1 is 1.14 bits per heavy atom. The van der Waals surface area contributed by atoms with E-state index >= 15 is 0 Å². The summed E-state index contributed by atoms with van der Waals surface area (Å²) in [5.74, 6) is 0.312. The number of rotatable bonds is 1. The van der Waals surface area contributed by atoms with Crippen LogP contribution in [0.3, 0.4) is 0 Å². The van der Waals surface area contributed by atoms with Crippen molar-refractivity contribution in [2.45, 2.75) is 3.98 Å². The van der Waals surface area contributed by atoms with Crippen LogP contribution < -0.4 is 4.74 Å². The second-order valence-corrected chi connectivity index (χ2v) is 4.39. The van der Waals surface area contributed by atoms with Gasteiger partial charge in [0.1, 0.15) is 5.75 Å². The van der Waals surface area contributed by atoms with Gasteiger partial charge < -0.3 is 9.47 Å². The molecule has 1 aromatic carbocycles. The fourth-order valence-electron chi connectivity index (χ4n) is 0.700. The number of para-hydroxylation sites is 1. The molecule has 0 aliphatic heterocycles. The lowest BCUT2D eigenvalue weighted by Crippen LogP contribution is -2.19. The maximum absolute atomic E-state index is 10.9. The summed E-state index contributed by atoms with van der Waals surface area (Å²) in [5.41, 5.74) is 0. The zero-order valence-corrected chi connectivity index (χ0v) is 9.01. The molecule has 0 unspecified atom stereocenters. The van der Waals surface area contributed by atoms with Crippen molar-refractivity contribution in [3.8, 4) is 5.75 Å². The van der Waals surface area contributed by atoms with Crippen LogP contribution >= 0.6 is 34.8 Å². The summed E-state index contributed by atoms with van der Waals surface area (Å²) in [4.78, 5) is 10.9. The Balaban J connectivity index is 2.50. The van der Waals surface area contributed by atoms with E-state index in [1.807, 2.05) is 0 Å². The van der Waals surface area contributed by atoms with Crippen molar-refractivity contribution < 1.29 is 14.3 Å². The molecule has 0 aliphatic carbocycles. The van der Waals surface area contributed by atoms with Crippen molar-refractivity contribution in [2.24, 2.45) is 0 Å². The number of hydrogen-bond donors (Lipinski definition) is 0. The molecular weight excluding hydrogens is 250 g/mol. The number of hydrogen-bond acceptors (Lipinski definition) is 3. The van der Waals surface area contributed by atoms with Gasteiger partial charge in [0.15, 0.2) is 0 Å². The maximum Gasteiger partial charge on any atom is 0.517 e. The van der Waals surface area contributed by atoms with Gasteiger partial charge in [0.25, 0.3) is 0 Å². The first-order valence-electron chi connectivity index (χ1n) is 3.50. The van der Waals surface area contributed by atoms with E-state index in [0.717, 1.165) is 0 Å². The maximum atomic E-state index is 10.9. The van der Waals surface area contributed by atoms with Crippen molar-refractivity contribution in [1.82, 2.24) is 0 Å². The van der Waals surface area contributed by atoms with Crippen LogP contribution in [0.4, 0.5) is 4.79 Å². The Kier molecular flexibility index (Phi) is 3.86. The predicted molar refractivity (Wildman–Crippen MR) is 53.8 cm³/mol. The van der Waals surface area contributed by atoms with E-state index in [-0.39, 0.29) is 0 Å². The van der Waals surface area contributed by atoms with Crippen LogP contribution in [0.15, 0.2) is 30.3 Å². The Morgan fingerprint density at radius 2 is 1.71 bits per heavy atom. The molecule has 0 aliphatic rings. The summed E-state index contributed by atoms with van der Waals surface area (Å²) >= 11 is 15.6. The molecule has 0 aromatic heterocycles. The van der Waals surface area contributed by atoms with Crippen LogP contribution in [0.1, 0.15) is 0 Å². The average Bonchev–Trinajstić information content (AvgIpc) is 2.02. The largest absolute Gasteiger partial charge is 0.517 e. The number of benzene rings is 1. The van der Waals surface area contributed by atoms with Crippen molar-refractivity contribution in [1.29, 1.82) is 0 Å². The Hall–Kier alpha value is -0.640. The molecule has 1 rings (SSSR count). The van der Waals surface area contributed by atoms with Gasteiger partial charge in [-0.1, -0.05) is 18.2 Å². The van der Waals surface area contributed by atoms with Gasteiger partial charge in [-0.25, -0.2) is 4.79 Å². The zero-order valence-electron chi connectivity index (χ0n) is 6.75. The molecule has 0 atom stereocenters. The highest BCUT2D eigenvalue weighted by Gasteiger charge is 2.26. The van der Waals surface area contributed by atoms with Crippen LogP contribution in [0.2, 0.25) is 0 Å². The second-order valence-electron chi connectivity index (χ2n) is 2.21. The smallest absolute Gasteiger partial charge is 0.395 e. The number of ether oxygens (including phenoxy) is 2. The Morgan fingerprint density at radius 3 is 2.21 bits per heavy atom. The van der Waals surface area contributed by atoms with Crippen LogP contribution in [-0.4, -0.2) is 10.1 Å². The monoisotopic (exact) mass is 254 g/mol. The molecule has 0 fully saturated rings. The molecular formula is C8H5Cl3O3. The molecule has 0 saturated carbocycles. The lowest BCUT2D eigenvalue weighted by atomic mass is 10.3. The lowest BCUT2D eigenvalue weighted by Gasteiger charge is -2.11. The van der Waals surface area contributed by atoms with E-state index in [4.69, 9.17) is 34.8 Å². The molecule has 0 radical (unpaired) electrons. The lowest BCUT2D eigenvalue weighted by molar-refractivity contribution is 0.0968. The summed E-state index contributed by atoms with van der Waals surface area (Å²) < 4.78 is 6.85. The molecule has 0 N–H and O–H groups in total. The first-order chi connectivity index (χ1) is 6.47. The van der Waals surface area contributed by atoms with Crippen LogP contribution in [0, 0.1) is 0 Å². The third kappa shape index (κ3) is 4.56. The van der Waals surface area contributed by atoms with E-state index in [2.05, 4.69) is 9.47 Å². The Bertz CT molecular complexity index is 307. The second kappa shape index (κ2) is 4.73. The van der Waals surface area contributed by atoms with Crippen molar-refractivity contribution >= 4 is 41.0 Å². The quantitative estimate of drug-likeness (QED) is 0.437. The molecule has 3 nitrogen and oxygen atoms in total. The fourth-order valence-corrected chi connectivity index (χ4v) is 0.889. The fraction of sp³-hybridized carbons (Fsp3) is 0.125. The number of carbonyl (C=O) groups excluding carboxylic acids is 1. The van der Waals surface area contributed by atoms with Crippen molar-refractivity contribution in [2.75, 3.05) is 0 Å². The van der Waals surface area contributed by atoms with Gasteiger partial charge in [-0.15, -0.1) is 0 Å². The van der Waals surface area contributed by atoms with E-state index in [9.17, 15) is 4.79 Å². The molecule has 0 spiro atoms. The van der Waals surface area contributed by atoms with Crippen molar-refractivity contribution in [3.63, 3.8) is 0 Å². The van der Waals surface area contributed by atoms with Crippen LogP contribution in [-0.2, 0) is 4.74 Å². The first kappa shape index (κ1) is 11.4. The molecule has 0 amide bonds. The standard InChI is InChI=1S/C8H5Cl3O3/c9-8(10,11)14-7(12)13-6-4-2-1-3-5-6/h1-5H. The van der Waals surface area contributed by atoms with Gasteiger partial charge in [0, 0.05) is 0 Å². The summed E-state index contributed by atoms with van der Waals surface area (Å²) in [7, 11) is 0. The molecule has 0 heterocycles. The summed E-state index contributed by atoms with van der Waals surface area (Å²) in [5, 5.41) is 0. The summed E-state index contributed by atoms with van der Waals surface area (Å²) in [6.07, 6.45) is -1.07. The molecule has 6 heteroatoms. The SMILES string of the molecule is O=C(Oc1ccccc1)OC(Cl)(Cl)Cl. The number of halogens is 3. The molecule has 14 heavy (non-hydrogen) atoms. The third-order valence-electron chi connectivity index (χ3n) is 1.14. The van der Waals surface area contributed by atoms with E-state index in [1.54, 1.807) is 30.3 Å². The highest BCUT2D eigenvalue weighted by Crippen LogP contribution is 2.28. The predicted octanol–water partition coefficient (Wildman–Crippen LogP) is 3.53. The van der Waals surface area contributed by atoms with Crippen molar-refractivity contribution in [3.05, 3.63) is 30.3 Å². The number of carbonyl (C=O) groups is 1. The van der Waals surface area contributed by atoms with Gasteiger partial charge in [-0.05, 0) is 46.9 Å². The van der Waals surface area contributed by atoms with E-state index in [1.165, 1.54) is 0 Å². The highest BCUT2D eigenvalue weighted by atomic mass is 35.6. The molecule has 0 saturated heterocycles. The van der Waals surface area contributed by atoms with Gasteiger partial charge in [-0.2, -0.15) is 0 Å². The van der Waals surface area contributed by atoms with Crippen LogP contribution in [0.5, 0.6) is 5.75 Å². The number of alkyl halides is 3. The third-order valence-corrected chi connectivity index (χ3v) is 1.37. The highest BCUT2D eigenvalue weighted by molar-refractivity contribution is 6.66. The zero-order chi connectivity index (χ0) is 10.6. The van der Waals surface area contributed by atoms with Gasteiger partial charge in [-0.3, -0.25) is 0 Å². The van der Waals surface area contributed by atoms with Gasteiger partial charge in [0.05, 0.1) is 0 Å². The van der Waals surface area contributed by atoms with Gasteiger partial charge in [0.2, 0.25) is 0 Å². The molecule has 76 valence electrons. The summed E-state index contributed by atoms with van der Waals surface area (Å²) in [6.45, 7) is 0. The minimum absolute atomic E-state index is 0.312. The van der Waals surface area contributed by atoms with Gasteiger partial charge >= 0.3 is 10.1 Å². The normalized spacial score (nSPS) is 10.8. The van der Waals surface area contributed by atoms with Crippen LogP contribution in [0.25, 0.3) is 0 Å². The van der Waals surface area contributed by atoms with E-state index < -0.39 is 10.1 Å². The molecule has 0 bridgehead atoms. The first-order valence-corrected chi connectivity index (χ1v) is 4.63.